The van der Waals surface area contributed by atoms with Gasteiger partial charge in [-0.15, -0.1) is 0 Å². The topological polar surface area (TPSA) is 29.1 Å². The number of aryl methyl sites for hydroxylation is 1. The van der Waals surface area contributed by atoms with Gasteiger partial charge in [0, 0.05) is 15.5 Å². The van der Waals surface area contributed by atoms with Gasteiger partial charge in [0.25, 0.3) is 5.91 Å². The Hall–Kier alpha value is -2.13. The molecule has 3 rings (SSSR count). The van der Waals surface area contributed by atoms with E-state index in [2.05, 4.69) is 21.2 Å². The molecule has 0 spiro atoms. The predicted octanol–water partition coefficient (Wildman–Crippen LogP) is 5.16. The van der Waals surface area contributed by atoms with E-state index in [-0.39, 0.29) is 5.91 Å². The van der Waals surface area contributed by atoms with Crippen LogP contribution in [0.5, 0.6) is 0 Å². The molecule has 0 aliphatic heterocycles. The quantitative estimate of drug-likeness (QED) is 0.686. The zero-order chi connectivity index (χ0) is 14.8. The predicted molar refractivity (Wildman–Crippen MR) is 90.8 cm³/mol. The number of nitrogens with one attached hydrogen (secondary N) is 1. The highest BCUT2D eigenvalue weighted by Gasteiger charge is 2.11. The van der Waals surface area contributed by atoms with Crippen molar-refractivity contribution in [2.75, 3.05) is 5.32 Å². The van der Waals surface area contributed by atoms with E-state index in [4.69, 9.17) is 0 Å². The minimum Gasteiger partial charge on any atom is -0.321 e. The third-order valence-electron chi connectivity index (χ3n) is 3.40. The summed E-state index contributed by atoms with van der Waals surface area (Å²) in [5.74, 6) is -0.109. The molecule has 0 saturated carbocycles. The molecular weight excluding hydrogens is 326 g/mol. The number of hydrogen-bond acceptors (Lipinski definition) is 1. The van der Waals surface area contributed by atoms with Gasteiger partial charge in [-0.05, 0) is 46.4 Å². The van der Waals surface area contributed by atoms with E-state index >= 15 is 0 Å². The summed E-state index contributed by atoms with van der Waals surface area (Å²) in [6, 6.07) is 19.7. The first-order chi connectivity index (χ1) is 10.1. The lowest BCUT2D eigenvalue weighted by atomic mass is 10.1. The maximum atomic E-state index is 12.5. The minimum absolute atomic E-state index is 0.109. The molecule has 0 atom stereocenters. The highest BCUT2D eigenvalue weighted by atomic mass is 79.9. The molecule has 0 fully saturated rings. The number of rotatable bonds is 2. The van der Waals surface area contributed by atoms with Gasteiger partial charge < -0.3 is 5.32 Å². The van der Waals surface area contributed by atoms with Crippen LogP contribution in [-0.2, 0) is 0 Å². The van der Waals surface area contributed by atoms with E-state index < -0.39 is 0 Å². The van der Waals surface area contributed by atoms with Gasteiger partial charge in [-0.2, -0.15) is 0 Å². The van der Waals surface area contributed by atoms with Crippen LogP contribution in [-0.4, -0.2) is 5.91 Å². The summed E-state index contributed by atoms with van der Waals surface area (Å²) >= 11 is 3.43. The van der Waals surface area contributed by atoms with Gasteiger partial charge in [-0.1, -0.05) is 48.0 Å². The molecule has 3 heteroatoms. The lowest BCUT2D eigenvalue weighted by Crippen LogP contribution is -2.13. The fraction of sp³-hybridized carbons (Fsp3) is 0.0556. The molecule has 3 aromatic carbocycles. The van der Waals surface area contributed by atoms with Gasteiger partial charge in [0.05, 0.1) is 5.56 Å². The number of halogens is 1. The Kier molecular flexibility index (Phi) is 3.76. The zero-order valence-corrected chi connectivity index (χ0v) is 13.1. The van der Waals surface area contributed by atoms with Crippen LogP contribution in [0, 0.1) is 6.92 Å². The second-order valence-electron chi connectivity index (χ2n) is 4.96. The summed E-state index contributed by atoms with van der Waals surface area (Å²) in [6.45, 7) is 1.97. The summed E-state index contributed by atoms with van der Waals surface area (Å²) < 4.78 is 0.797. The van der Waals surface area contributed by atoms with Crippen LogP contribution < -0.4 is 5.32 Å². The number of fused-ring (bicyclic) bond motifs is 1. The first-order valence-electron chi connectivity index (χ1n) is 6.70. The Morgan fingerprint density at radius 3 is 2.62 bits per heavy atom. The maximum Gasteiger partial charge on any atom is 0.256 e. The van der Waals surface area contributed by atoms with Crippen LogP contribution in [0.1, 0.15) is 15.9 Å². The second-order valence-corrected chi connectivity index (χ2v) is 5.82. The molecule has 0 saturated heterocycles. The minimum atomic E-state index is -0.109. The Morgan fingerprint density at radius 2 is 1.76 bits per heavy atom. The zero-order valence-electron chi connectivity index (χ0n) is 11.6. The van der Waals surface area contributed by atoms with Gasteiger partial charge in [0.15, 0.2) is 0 Å². The molecule has 0 bridgehead atoms. The average molecular weight is 340 g/mol. The molecule has 21 heavy (non-hydrogen) atoms. The molecule has 0 aromatic heterocycles. The van der Waals surface area contributed by atoms with E-state index in [1.807, 2.05) is 67.6 Å². The van der Waals surface area contributed by atoms with Gasteiger partial charge in [0.1, 0.15) is 0 Å². The van der Waals surface area contributed by atoms with E-state index in [0.29, 0.717) is 5.56 Å². The number of hydrogen-bond donors (Lipinski definition) is 1. The monoisotopic (exact) mass is 339 g/mol. The average Bonchev–Trinajstić information content (AvgIpc) is 2.50. The molecule has 0 aliphatic rings. The van der Waals surface area contributed by atoms with Crippen molar-refractivity contribution in [1.29, 1.82) is 0 Å². The molecular formula is C18H14BrNO. The van der Waals surface area contributed by atoms with Crippen molar-refractivity contribution in [3.63, 3.8) is 0 Å². The van der Waals surface area contributed by atoms with E-state index in [9.17, 15) is 4.79 Å². The highest BCUT2D eigenvalue weighted by molar-refractivity contribution is 9.10. The van der Waals surface area contributed by atoms with Crippen molar-refractivity contribution in [3.8, 4) is 0 Å². The largest absolute Gasteiger partial charge is 0.321 e. The normalized spacial score (nSPS) is 10.6. The van der Waals surface area contributed by atoms with Gasteiger partial charge in [-0.3, -0.25) is 4.79 Å². The van der Waals surface area contributed by atoms with Crippen LogP contribution in [0.2, 0.25) is 0 Å². The second kappa shape index (κ2) is 5.70. The molecule has 0 aliphatic carbocycles. The Balaban J connectivity index is 1.99. The molecule has 2 nitrogen and oxygen atoms in total. The van der Waals surface area contributed by atoms with E-state index in [0.717, 1.165) is 26.5 Å². The van der Waals surface area contributed by atoms with Crippen molar-refractivity contribution in [2.45, 2.75) is 6.92 Å². The number of amides is 1. The molecule has 104 valence electrons. The molecule has 0 unspecified atom stereocenters. The SMILES string of the molecule is Cc1ccc(Br)c(C(=O)Nc2cccc3ccccc23)c1. The van der Waals surface area contributed by atoms with E-state index in [1.165, 1.54) is 0 Å². The van der Waals surface area contributed by atoms with Gasteiger partial charge in [-0.25, -0.2) is 0 Å². The molecule has 0 radical (unpaired) electrons. The lowest BCUT2D eigenvalue weighted by Gasteiger charge is -2.10. The van der Waals surface area contributed by atoms with Gasteiger partial charge >= 0.3 is 0 Å². The number of carbonyl (C=O) groups is 1. The highest BCUT2D eigenvalue weighted by Crippen LogP contribution is 2.25. The third-order valence-corrected chi connectivity index (χ3v) is 4.10. The summed E-state index contributed by atoms with van der Waals surface area (Å²) in [7, 11) is 0. The van der Waals surface area contributed by atoms with Crippen LogP contribution >= 0.6 is 15.9 Å². The van der Waals surface area contributed by atoms with Gasteiger partial charge in [0.2, 0.25) is 0 Å². The lowest BCUT2D eigenvalue weighted by molar-refractivity contribution is 0.102. The molecule has 0 heterocycles. The third kappa shape index (κ3) is 2.83. The Labute approximate surface area is 131 Å². The molecule has 1 N–H and O–H groups in total. The van der Waals surface area contributed by atoms with Crippen LogP contribution in [0.3, 0.4) is 0 Å². The van der Waals surface area contributed by atoms with Crippen LogP contribution in [0.4, 0.5) is 5.69 Å². The fourth-order valence-corrected chi connectivity index (χ4v) is 2.76. The van der Waals surface area contributed by atoms with Crippen molar-refractivity contribution < 1.29 is 4.79 Å². The van der Waals surface area contributed by atoms with Crippen molar-refractivity contribution in [3.05, 3.63) is 76.3 Å². The van der Waals surface area contributed by atoms with Crippen molar-refractivity contribution in [1.82, 2.24) is 0 Å². The van der Waals surface area contributed by atoms with Crippen molar-refractivity contribution in [2.24, 2.45) is 0 Å². The summed E-state index contributed by atoms with van der Waals surface area (Å²) in [6.07, 6.45) is 0. The Morgan fingerprint density at radius 1 is 1.00 bits per heavy atom. The number of benzene rings is 3. The molecule has 1 amide bonds. The number of anilines is 1. The smallest absolute Gasteiger partial charge is 0.256 e. The first-order valence-corrected chi connectivity index (χ1v) is 7.50. The molecule has 3 aromatic rings. The number of carbonyl (C=O) groups excluding carboxylic acids is 1. The summed E-state index contributed by atoms with van der Waals surface area (Å²) in [4.78, 5) is 12.5. The van der Waals surface area contributed by atoms with Crippen LogP contribution in [0.25, 0.3) is 10.8 Å². The van der Waals surface area contributed by atoms with Crippen molar-refractivity contribution >= 4 is 38.3 Å². The first kappa shape index (κ1) is 13.8. The van der Waals surface area contributed by atoms with Crippen LogP contribution in [0.15, 0.2) is 65.1 Å². The Bertz CT molecular complexity index is 821. The standard InChI is InChI=1S/C18H14BrNO/c1-12-9-10-16(19)15(11-12)18(21)20-17-8-4-6-13-5-2-3-7-14(13)17/h2-11H,1H3,(H,20,21). The van der Waals surface area contributed by atoms with E-state index in [1.54, 1.807) is 0 Å². The maximum absolute atomic E-state index is 12.5. The summed E-state index contributed by atoms with van der Waals surface area (Å²) in [5.41, 5.74) is 2.52. The summed E-state index contributed by atoms with van der Waals surface area (Å²) in [5, 5.41) is 5.15. The fourth-order valence-electron chi connectivity index (χ4n) is 2.34.